The van der Waals surface area contributed by atoms with Gasteiger partial charge in [-0.2, -0.15) is 5.10 Å². The van der Waals surface area contributed by atoms with E-state index in [0.29, 0.717) is 11.4 Å². The smallest absolute Gasteiger partial charge is 0.276 e. The quantitative estimate of drug-likeness (QED) is 0.736. The summed E-state index contributed by atoms with van der Waals surface area (Å²) < 4.78 is 15.0. The average Bonchev–Trinajstić information content (AvgIpc) is 3.47. The van der Waals surface area contributed by atoms with Crippen LogP contribution >= 0.6 is 0 Å². The van der Waals surface area contributed by atoms with Crippen molar-refractivity contribution >= 4 is 17.4 Å². The molecule has 0 atom stereocenters. The van der Waals surface area contributed by atoms with E-state index in [1.165, 1.54) is 25.0 Å². The summed E-state index contributed by atoms with van der Waals surface area (Å²) >= 11 is 0. The van der Waals surface area contributed by atoms with Crippen LogP contribution in [0.2, 0.25) is 0 Å². The molecule has 7 heteroatoms. The number of anilines is 2. The fraction of sp³-hybridized carbons (Fsp3) is 0.318. The Balaban J connectivity index is 1.38. The van der Waals surface area contributed by atoms with Crippen molar-refractivity contribution in [3.05, 3.63) is 65.4 Å². The van der Waals surface area contributed by atoms with Crippen molar-refractivity contribution in [3.63, 3.8) is 0 Å². The van der Waals surface area contributed by atoms with Gasteiger partial charge < -0.3 is 10.2 Å². The number of benzene rings is 1. The number of fused-ring (bicyclic) bond motifs is 1. The van der Waals surface area contributed by atoms with E-state index >= 15 is 0 Å². The van der Waals surface area contributed by atoms with Crippen molar-refractivity contribution in [1.29, 1.82) is 0 Å². The molecular formula is C22H22FN5O. The maximum Gasteiger partial charge on any atom is 0.276 e. The van der Waals surface area contributed by atoms with Crippen molar-refractivity contribution in [2.45, 2.75) is 32.1 Å². The molecule has 3 heterocycles. The van der Waals surface area contributed by atoms with E-state index in [1.807, 2.05) is 12.1 Å². The maximum absolute atomic E-state index is 13.3. The monoisotopic (exact) mass is 391 g/mol. The van der Waals surface area contributed by atoms with Gasteiger partial charge in [0.15, 0.2) is 5.69 Å². The first-order valence-electron chi connectivity index (χ1n) is 10.1. The van der Waals surface area contributed by atoms with Crippen LogP contribution in [0.25, 0.3) is 5.69 Å². The van der Waals surface area contributed by atoms with Crippen molar-refractivity contribution < 1.29 is 9.18 Å². The van der Waals surface area contributed by atoms with Gasteiger partial charge in [-0.3, -0.25) is 4.79 Å². The molecule has 1 aliphatic heterocycles. The SMILES string of the molecule is O=C(Nc1ccc(N2CCCC2)nc1)c1nn(-c2ccc(F)cc2)c2c1CCC2. The minimum absolute atomic E-state index is 0.236. The highest BCUT2D eigenvalue weighted by Crippen LogP contribution is 2.28. The lowest BCUT2D eigenvalue weighted by Gasteiger charge is -2.16. The van der Waals surface area contributed by atoms with Gasteiger partial charge >= 0.3 is 0 Å². The Morgan fingerprint density at radius 1 is 1.00 bits per heavy atom. The highest BCUT2D eigenvalue weighted by Gasteiger charge is 2.27. The number of halogens is 1. The van der Waals surface area contributed by atoms with Gasteiger partial charge in [-0.1, -0.05) is 0 Å². The van der Waals surface area contributed by atoms with Crippen LogP contribution in [0.3, 0.4) is 0 Å². The lowest BCUT2D eigenvalue weighted by Crippen LogP contribution is -2.19. The van der Waals surface area contributed by atoms with Crippen molar-refractivity contribution in [2.24, 2.45) is 0 Å². The fourth-order valence-electron chi connectivity index (χ4n) is 4.20. The predicted octanol–water partition coefficient (Wildman–Crippen LogP) is 3.75. The largest absolute Gasteiger partial charge is 0.357 e. The Kier molecular flexibility index (Phi) is 4.50. The topological polar surface area (TPSA) is 63.1 Å². The third-order valence-electron chi connectivity index (χ3n) is 5.65. The molecular weight excluding hydrogens is 369 g/mol. The molecule has 1 amide bonds. The number of nitrogens with zero attached hydrogens (tertiary/aromatic N) is 4. The number of aromatic nitrogens is 3. The van der Waals surface area contributed by atoms with Gasteiger partial charge in [-0.15, -0.1) is 0 Å². The number of hydrogen-bond donors (Lipinski definition) is 1. The van der Waals surface area contributed by atoms with E-state index < -0.39 is 0 Å². The first-order valence-corrected chi connectivity index (χ1v) is 10.1. The molecule has 148 valence electrons. The second-order valence-corrected chi connectivity index (χ2v) is 7.57. The van der Waals surface area contributed by atoms with Gasteiger partial charge in [0.1, 0.15) is 11.6 Å². The van der Waals surface area contributed by atoms with Gasteiger partial charge in [0.2, 0.25) is 0 Å². The van der Waals surface area contributed by atoms with E-state index in [0.717, 1.165) is 55.1 Å². The summed E-state index contributed by atoms with van der Waals surface area (Å²) in [6.07, 6.45) is 6.76. The molecule has 6 nitrogen and oxygen atoms in total. The second kappa shape index (κ2) is 7.31. The second-order valence-electron chi connectivity index (χ2n) is 7.57. The van der Waals surface area contributed by atoms with Crippen LogP contribution in [0.1, 0.15) is 41.0 Å². The predicted molar refractivity (Wildman–Crippen MR) is 109 cm³/mol. The summed E-state index contributed by atoms with van der Waals surface area (Å²) in [5.41, 5.74) is 3.87. The number of nitrogens with one attached hydrogen (secondary N) is 1. The number of rotatable bonds is 4. The Labute approximate surface area is 168 Å². The molecule has 0 spiro atoms. The molecule has 0 unspecified atom stereocenters. The third kappa shape index (κ3) is 3.37. The summed E-state index contributed by atoms with van der Waals surface area (Å²) in [6, 6.07) is 10.0. The molecule has 29 heavy (non-hydrogen) atoms. The minimum atomic E-state index is -0.291. The van der Waals surface area contributed by atoms with Crippen LogP contribution in [0.15, 0.2) is 42.6 Å². The first kappa shape index (κ1) is 17.8. The fourth-order valence-corrected chi connectivity index (χ4v) is 4.20. The standard InChI is InChI=1S/C22H22FN5O/c23-15-6-9-17(10-7-15)28-19-5-3-4-18(19)21(26-28)22(29)25-16-8-11-20(24-14-16)27-12-1-2-13-27/h6-11,14H,1-5,12-13H2,(H,25,29). The van der Waals surface area contributed by atoms with E-state index in [-0.39, 0.29) is 11.7 Å². The summed E-state index contributed by atoms with van der Waals surface area (Å²) in [7, 11) is 0. The van der Waals surface area contributed by atoms with Crippen molar-refractivity contribution in [1.82, 2.24) is 14.8 Å². The van der Waals surface area contributed by atoms with Crippen molar-refractivity contribution in [2.75, 3.05) is 23.3 Å². The van der Waals surface area contributed by atoms with E-state index in [9.17, 15) is 9.18 Å². The summed E-state index contributed by atoms with van der Waals surface area (Å²) in [6.45, 7) is 2.07. The summed E-state index contributed by atoms with van der Waals surface area (Å²) in [4.78, 5) is 19.7. The zero-order valence-electron chi connectivity index (χ0n) is 16.1. The van der Waals surface area contributed by atoms with Gasteiger partial charge in [-0.25, -0.2) is 14.1 Å². The number of carbonyl (C=O) groups excluding carboxylic acids is 1. The summed E-state index contributed by atoms with van der Waals surface area (Å²) in [5, 5.41) is 7.49. The average molecular weight is 391 g/mol. The van der Waals surface area contributed by atoms with Gasteiger partial charge in [0.05, 0.1) is 17.6 Å². The van der Waals surface area contributed by atoms with Crippen LogP contribution < -0.4 is 10.2 Å². The van der Waals surface area contributed by atoms with E-state index in [4.69, 9.17) is 0 Å². The Morgan fingerprint density at radius 3 is 2.52 bits per heavy atom. The molecule has 2 aromatic heterocycles. The highest BCUT2D eigenvalue weighted by molar-refractivity contribution is 6.04. The third-order valence-corrected chi connectivity index (χ3v) is 5.65. The molecule has 0 saturated carbocycles. The lowest BCUT2D eigenvalue weighted by atomic mass is 10.2. The molecule has 0 bridgehead atoms. The van der Waals surface area contributed by atoms with Crippen LogP contribution in [-0.4, -0.2) is 33.8 Å². The molecule has 1 aromatic carbocycles. The normalized spacial score (nSPS) is 15.6. The minimum Gasteiger partial charge on any atom is -0.357 e. The van der Waals surface area contributed by atoms with Gasteiger partial charge in [0, 0.05) is 24.3 Å². The van der Waals surface area contributed by atoms with Crippen molar-refractivity contribution in [3.8, 4) is 5.69 Å². The summed E-state index contributed by atoms with van der Waals surface area (Å²) in [5.74, 6) is 0.419. The first-order chi connectivity index (χ1) is 14.2. The van der Waals surface area contributed by atoms with E-state index in [2.05, 4.69) is 20.3 Å². The lowest BCUT2D eigenvalue weighted by molar-refractivity contribution is 0.102. The highest BCUT2D eigenvalue weighted by atomic mass is 19.1. The van der Waals surface area contributed by atoms with Crippen LogP contribution in [0, 0.1) is 5.82 Å². The number of pyridine rings is 1. The molecule has 1 saturated heterocycles. The number of carbonyl (C=O) groups is 1. The maximum atomic E-state index is 13.3. The zero-order chi connectivity index (χ0) is 19.8. The molecule has 5 rings (SSSR count). The Bertz CT molecular complexity index is 1040. The van der Waals surface area contributed by atoms with E-state index in [1.54, 1.807) is 23.0 Å². The number of amides is 1. The molecule has 1 aliphatic carbocycles. The molecule has 3 aromatic rings. The Morgan fingerprint density at radius 2 is 1.79 bits per heavy atom. The van der Waals surface area contributed by atoms with Gasteiger partial charge in [-0.05, 0) is 68.5 Å². The molecule has 1 fully saturated rings. The van der Waals surface area contributed by atoms with Crippen LogP contribution in [0.5, 0.6) is 0 Å². The molecule has 0 radical (unpaired) electrons. The molecule has 1 N–H and O–H groups in total. The van der Waals surface area contributed by atoms with Gasteiger partial charge in [0.25, 0.3) is 5.91 Å². The Hall–Kier alpha value is -3.22. The number of hydrogen-bond acceptors (Lipinski definition) is 4. The van der Waals surface area contributed by atoms with Crippen LogP contribution in [-0.2, 0) is 12.8 Å². The van der Waals surface area contributed by atoms with Crippen LogP contribution in [0.4, 0.5) is 15.9 Å². The molecule has 2 aliphatic rings. The zero-order valence-corrected chi connectivity index (χ0v) is 16.1.